The normalized spacial score (nSPS) is 9.64. The third-order valence-electron chi connectivity index (χ3n) is 1.08. The van der Waals surface area contributed by atoms with E-state index in [-0.39, 0.29) is 0 Å². The number of hydrogen-bond acceptors (Lipinski definition) is 3. The van der Waals surface area contributed by atoms with Crippen molar-refractivity contribution < 1.29 is 4.74 Å². The fourth-order valence-corrected chi connectivity index (χ4v) is 0.809. The number of rotatable bonds is 3. The van der Waals surface area contributed by atoms with Crippen LogP contribution < -0.4 is 10.5 Å². The molecule has 0 aliphatic carbocycles. The molecule has 60 valence electrons. The van der Waals surface area contributed by atoms with E-state index in [0.29, 0.717) is 24.1 Å². The lowest BCUT2D eigenvalue weighted by Crippen LogP contribution is -2.11. The summed E-state index contributed by atoms with van der Waals surface area (Å²) in [5.41, 5.74) is 5.23. The van der Waals surface area contributed by atoms with Crippen LogP contribution in [0.25, 0.3) is 0 Å². The largest absolute Gasteiger partial charge is 0.475 e. The van der Waals surface area contributed by atoms with Crippen molar-refractivity contribution in [3.8, 4) is 5.88 Å². The molecule has 0 fully saturated rings. The zero-order valence-corrected chi connectivity index (χ0v) is 6.71. The fourth-order valence-electron chi connectivity index (χ4n) is 0.633. The minimum absolute atomic E-state index is 0.441. The van der Waals surface area contributed by atoms with Gasteiger partial charge in [0.25, 0.3) is 0 Å². The summed E-state index contributed by atoms with van der Waals surface area (Å²) in [5, 5.41) is 0.515. The molecule has 0 saturated carbocycles. The molecule has 1 aromatic rings. The van der Waals surface area contributed by atoms with Gasteiger partial charge in [0.05, 0.1) is 0 Å². The maximum atomic E-state index is 5.73. The third kappa shape index (κ3) is 2.37. The second kappa shape index (κ2) is 4.16. The molecular weight excluding hydrogens is 164 g/mol. The molecule has 0 aliphatic heterocycles. The highest BCUT2D eigenvalue weighted by molar-refractivity contribution is 6.31. The highest BCUT2D eigenvalue weighted by Crippen LogP contribution is 2.19. The smallest absolute Gasteiger partial charge is 0.232 e. The van der Waals surface area contributed by atoms with Crippen LogP contribution in [0.2, 0.25) is 5.02 Å². The highest BCUT2D eigenvalue weighted by Gasteiger charge is 1.98. The standard InChI is InChI=1S/C7H9ClN2O/c8-6-2-1-4-10-7(6)11-5-3-9/h1-2,4H,3,5,9H2. The van der Waals surface area contributed by atoms with E-state index >= 15 is 0 Å². The van der Waals surface area contributed by atoms with Gasteiger partial charge in [0.2, 0.25) is 5.88 Å². The Morgan fingerprint density at radius 3 is 3.09 bits per heavy atom. The Morgan fingerprint density at radius 1 is 1.64 bits per heavy atom. The molecule has 0 atom stereocenters. The van der Waals surface area contributed by atoms with Gasteiger partial charge in [-0.05, 0) is 12.1 Å². The molecule has 1 rings (SSSR count). The summed E-state index contributed by atoms with van der Waals surface area (Å²) >= 11 is 5.73. The van der Waals surface area contributed by atoms with Crippen LogP contribution in [0.3, 0.4) is 0 Å². The van der Waals surface area contributed by atoms with Crippen molar-refractivity contribution in [2.75, 3.05) is 13.2 Å². The van der Waals surface area contributed by atoms with Crippen molar-refractivity contribution in [2.24, 2.45) is 5.73 Å². The number of hydrogen-bond donors (Lipinski definition) is 1. The van der Waals surface area contributed by atoms with E-state index < -0.39 is 0 Å². The lowest BCUT2D eigenvalue weighted by Gasteiger charge is -2.03. The van der Waals surface area contributed by atoms with E-state index in [1.807, 2.05) is 0 Å². The van der Waals surface area contributed by atoms with Crippen molar-refractivity contribution in [3.63, 3.8) is 0 Å². The first-order valence-corrected chi connectivity index (χ1v) is 3.66. The van der Waals surface area contributed by atoms with E-state index in [1.54, 1.807) is 18.3 Å². The van der Waals surface area contributed by atoms with Crippen LogP contribution >= 0.6 is 11.6 Å². The quantitative estimate of drug-likeness (QED) is 0.742. The fraction of sp³-hybridized carbons (Fsp3) is 0.286. The molecule has 0 amide bonds. The Bertz CT molecular complexity index is 229. The molecule has 3 nitrogen and oxygen atoms in total. The Balaban J connectivity index is 2.62. The van der Waals surface area contributed by atoms with Crippen LogP contribution in [0.5, 0.6) is 5.88 Å². The first kappa shape index (κ1) is 8.30. The van der Waals surface area contributed by atoms with Crippen LogP contribution in [0.1, 0.15) is 0 Å². The number of halogens is 1. The van der Waals surface area contributed by atoms with Gasteiger partial charge >= 0.3 is 0 Å². The average Bonchev–Trinajstić information content (AvgIpc) is 2.03. The lowest BCUT2D eigenvalue weighted by molar-refractivity contribution is 0.316. The summed E-state index contributed by atoms with van der Waals surface area (Å²) in [4.78, 5) is 3.91. The average molecular weight is 173 g/mol. The zero-order chi connectivity index (χ0) is 8.10. The predicted octanol–water partition coefficient (Wildman–Crippen LogP) is 1.07. The summed E-state index contributed by atoms with van der Waals surface area (Å²) in [6.45, 7) is 0.906. The Morgan fingerprint density at radius 2 is 2.45 bits per heavy atom. The first-order valence-electron chi connectivity index (χ1n) is 3.28. The number of pyridine rings is 1. The summed E-state index contributed by atoms with van der Waals surface area (Å²) < 4.78 is 5.12. The van der Waals surface area contributed by atoms with Gasteiger partial charge in [-0.3, -0.25) is 0 Å². The van der Waals surface area contributed by atoms with Gasteiger partial charge < -0.3 is 10.5 Å². The molecule has 2 N–H and O–H groups in total. The molecule has 0 spiro atoms. The predicted molar refractivity (Wildman–Crippen MR) is 43.8 cm³/mol. The van der Waals surface area contributed by atoms with E-state index in [9.17, 15) is 0 Å². The van der Waals surface area contributed by atoms with Crippen LogP contribution in [0.4, 0.5) is 0 Å². The Hall–Kier alpha value is -0.800. The lowest BCUT2D eigenvalue weighted by atomic mass is 10.5. The molecule has 1 heterocycles. The summed E-state index contributed by atoms with van der Waals surface area (Å²) in [7, 11) is 0. The summed E-state index contributed by atoms with van der Waals surface area (Å²) in [5.74, 6) is 0.444. The summed E-state index contributed by atoms with van der Waals surface area (Å²) in [6.07, 6.45) is 1.62. The van der Waals surface area contributed by atoms with Gasteiger partial charge in [-0.15, -0.1) is 0 Å². The van der Waals surface area contributed by atoms with Crippen molar-refractivity contribution in [3.05, 3.63) is 23.4 Å². The third-order valence-corrected chi connectivity index (χ3v) is 1.37. The van der Waals surface area contributed by atoms with Gasteiger partial charge in [0.1, 0.15) is 11.6 Å². The maximum absolute atomic E-state index is 5.73. The van der Waals surface area contributed by atoms with Gasteiger partial charge in [-0.1, -0.05) is 11.6 Å². The molecular formula is C7H9ClN2O. The molecule has 0 unspecified atom stereocenters. The minimum Gasteiger partial charge on any atom is -0.475 e. The van der Waals surface area contributed by atoms with Gasteiger partial charge in [0.15, 0.2) is 0 Å². The molecule has 0 aromatic carbocycles. The van der Waals surface area contributed by atoms with Crippen molar-refractivity contribution in [1.29, 1.82) is 0 Å². The van der Waals surface area contributed by atoms with Crippen LogP contribution in [-0.4, -0.2) is 18.1 Å². The van der Waals surface area contributed by atoms with Crippen LogP contribution in [0, 0.1) is 0 Å². The van der Waals surface area contributed by atoms with Gasteiger partial charge in [0, 0.05) is 12.7 Å². The second-order valence-electron chi connectivity index (χ2n) is 1.93. The van der Waals surface area contributed by atoms with E-state index in [2.05, 4.69) is 4.98 Å². The summed E-state index contributed by atoms with van der Waals surface area (Å²) in [6, 6.07) is 3.47. The Labute approximate surface area is 70.1 Å². The molecule has 4 heteroatoms. The van der Waals surface area contributed by atoms with Crippen LogP contribution in [0.15, 0.2) is 18.3 Å². The van der Waals surface area contributed by atoms with E-state index in [0.717, 1.165) is 0 Å². The maximum Gasteiger partial charge on any atom is 0.232 e. The van der Waals surface area contributed by atoms with Crippen molar-refractivity contribution >= 4 is 11.6 Å². The molecule has 0 radical (unpaired) electrons. The van der Waals surface area contributed by atoms with Crippen LogP contribution in [-0.2, 0) is 0 Å². The monoisotopic (exact) mass is 172 g/mol. The number of aromatic nitrogens is 1. The minimum atomic E-state index is 0.441. The number of nitrogens with zero attached hydrogens (tertiary/aromatic N) is 1. The van der Waals surface area contributed by atoms with Gasteiger partial charge in [-0.2, -0.15) is 0 Å². The highest BCUT2D eigenvalue weighted by atomic mass is 35.5. The molecule has 0 aliphatic rings. The first-order chi connectivity index (χ1) is 5.34. The van der Waals surface area contributed by atoms with Gasteiger partial charge in [-0.25, -0.2) is 4.98 Å². The Kier molecular flexibility index (Phi) is 3.14. The molecule has 0 bridgehead atoms. The molecule has 11 heavy (non-hydrogen) atoms. The van der Waals surface area contributed by atoms with Crippen molar-refractivity contribution in [1.82, 2.24) is 4.98 Å². The van der Waals surface area contributed by atoms with E-state index in [1.165, 1.54) is 0 Å². The van der Waals surface area contributed by atoms with Crippen molar-refractivity contribution in [2.45, 2.75) is 0 Å². The second-order valence-corrected chi connectivity index (χ2v) is 2.33. The molecule has 1 aromatic heterocycles. The zero-order valence-electron chi connectivity index (χ0n) is 5.96. The molecule has 0 saturated heterocycles. The number of nitrogens with two attached hydrogens (primary N) is 1. The van der Waals surface area contributed by atoms with E-state index in [4.69, 9.17) is 22.1 Å². The number of ether oxygens (including phenoxy) is 1. The SMILES string of the molecule is NCCOc1ncccc1Cl. The topological polar surface area (TPSA) is 48.1 Å².